The number of hydrogen-bond acceptors (Lipinski definition) is 2. The molecule has 2 rings (SSSR count). The fourth-order valence-electron chi connectivity index (χ4n) is 1.49. The molecule has 0 heterocycles. The molecule has 0 aromatic heterocycles. The van der Waals surface area contributed by atoms with Crippen molar-refractivity contribution >= 4 is 16.7 Å². The summed E-state index contributed by atoms with van der Waals surface area (Å²) < 4.78 is 5.60. The quantitative estimate of drug-likeness (QED) is 0.489. The molecule has 0 aliphatic rings. The molecule has 0 amide bonds. The van der Waals surface area contributed by atoms with Gasteiger partial charge in [0, 0.05) is 6.16 Å². The van der Waals surface area contributed by atoms with Crippen LogP contribution in [-0.4, -0.2) is 19.4 Å². The third-order valence-electron chi connectivity index (χ3n) is 2.26. The molecule has 1 atom stereocenters. The van der Waals surface area contributed by atoms with Crippen LogP contribution in [0.2, 0.25) is 19.6 Å². The molecule has 0 radical (unpaired) electrons. The van der Waals surface area contributed by atoms with Crippen LogP contribution in [0.15, 0.2) is 54.6 Å². The van der Waals surface area contributed by atoms with E-state index in [9.17, 15) is 4.89 Å². The van der Waals surface area contributed by atoms with Gasteiger partial charge in [0.15, 0.2) is 16.7 Å². The van der Waals surface area contributed by atoms with Gasteiger partial charge in [-0.15, -0.1) is 0 Å². The molecule has 1 N–H and O–H groups in total. The van der Waals surface area contributed by atoms with Gasteiger partial charge in [-0.05, 0) is 19.6 Å². The summed E-state index contributed by atoms with van der Waals surface area (Å²) in [6.07, 6.45) is 1.67. The van der Waals surface area contributed by atoms with Crippen LogP contribution in [-0.2, 0) is 27.7 Å². The van der Waals surface area contributed by atoms with E-state index in [1.807, 2.05) is 42.5 Å². The van der Waals surface area contributed by atoms with E-state index >= 15 is 0 Å². The molecule has 2 aromatic rings. The first-order chi connectivity index (χ1) is 8.97. The molecule has 2 aromatic carbocycles. The van der Waals surface area contributed by atoms with Gasteiger partial charge in [-0.25, -0.2) is 24.3 Å². The number of hydrogen-bond donors (Lipinski definition) is 1. The number of rotatable bonds is 5. The summed E-state index contributed by atoms with van der Waals surface area (Å²) in [4.78, 5) is 9.66. The van der Waals surface area contributed by atoms with Gasteiger partial charge >= 0.3 is 17.1 Å². The molecule has 0 aliphatic carbocycles. The van der Waals surface area contributed by atoms with E-state index < -0.39 is 16.7 Å². The zero-order chi connectivity index (χ0) is 14.1. The van der Waals surface area contributed by atoms with Gasteiger partial charge < -0.3 is 9.11 Å². The van der Waals surface area contributed by atoms with Crippen LogP contribution in [0.25, 0.3) is 0 Å². The van der Waals surface area contributed by atoms with Gasteiger partial charge in [-0.3, -0.25) is 0 Å². The topological polar surface area (TPSA) is 29.5 Å². The summed E-state index contributed by atoms with van der Waals surface area (Å²) in [6.45, 7) is 6.29. The second-order valence-corrected chi connectivity index (χ2v) is 11.4. The summed E-state index contributed by atoms with van der Waals surface area (Å²) in [5, 5.41) is 0. The van der Waals surface area contributed by atoms with Gasteiger partial charge in [-0.1, -0.05) is 6.42 Å². The van der Waals surface area contributed by atoms with Crippen LogP contribution < -0.4 is 0 Å². The SMILES string of the molecule is C[Si](C)(C)OP(O)CC[c-]1cccc1.[Fe+2].c1cc[cH-]c1. The van der Waals surface area contributed by atoms with Crippen LogP contribution in [0.4, 0.5) is 0 Å². The summed E-state index contributed by atoms with van der Waals surface area (Å²) in [7, 11) is -2.78. The zero-order valence-electron chi connectivity index (χ0n) is 12.3. The average molecular weight is 350 g/mol. The summed E-state index contributed by atoms with van der Waals surface area (Å²) in [5.41, 5.74) is 1.28. The Labute approximate surface area is 135 Å². The molecule has 1 unspecified atom stereocenters. The first kappa shape index (κ1) is 19.8. The smallest absolute Gasteiger partial charge is 0.376 e. The van der Waals surface area contributed by atoms with Crippen LogP contribution in [0, 0.1) is 0 Å². The standard InChI is InChI=1S/C10H18O2PSi.C5H5.Fe/c1-14(2,3)12-13(11)9-8-10-6-4-5-7-10;1-2-4-5-3-1;/h4-7,11H,8-9H2,1-3H3;1-5H;/q2*-1;+2. The Morgan fingerprint density at radius 2 is 1.65 bits per heavy atom. The van der Waals surface area contributed by atoms with Crippen LogP contribution >= 0.6 is 8.38 Å². The second-order valence-electron chi connectivity index (χ2n) is 5.28. The van der Waals surface area contributed by atoms with Gasteiger partial charge in [0.1, 0.15) is 0 Å². The predicted octanol–water partition coefficient (Wildman–Crippen LogP) is 4.51. The Morgan fingerprint density at radius 3 is 2.05 bits per heavy atom. The van der Waals surface area contributed by atoms with E-state index in [0.717, 1.165) is 12.6 Å². The minimum Gasteiger partial charge on any atom is -0.376 e. The van der Waals surface area contributed by atoms with Crippen molar-refractivity contribution in [2.75, 3.05) is 6.16 Å². The Morgan fingerprint density at radius 1 is 1.10 bits per heavy atom. The second kappa shape index (κ2) is 10.5. The molecule has 112 valence electrons. The molecule has 0 bridgehead atoms. The Bertz CT molecular complexity index is 392. The maximum absolute atomic E-state index is 9.66. The van der Waals surface area contributed by atoms with Crippen molar-refractivity contribution in [1.29, 1.82) is 0 Å². The van der Waals surface area contributed by atoms with Crippen molar-refractivity contribution in [2.45, 2.75) is 26.1 Å². The fraction of sp³-hybridized carbons (Fsp3) is 0.333. The maximum Gasteiger partial charge on any atom is 2.00 e. The van der Waals surface area contributed by atoms with Crippen molar-refractivity contribution in [3.05, 3.63) is 60.2 Å². The maximum atomic E-state index is 9.66. The predicted molar refractivity (Wildman–Crippen MR) is 86.2 cm³/mol. The molecular weight excluding hydrogens is 327 g/mol. The zero-order valence-corrected chi connectivity index (χ0v) is 15.3. The van der Waals surface area contributed by atoms with E-state index in [1.165, 1.54) is 5.56 Å². The monoisotopic (exact) mass is 350 g/mol. The molecular formula is C15H23FeO2PSi. The van der Waals surface area contributed by atoms with Gasteiger partial charge in [0.25, 0.3) is 0 Å². The third kappa shape index (κ3) is 10.6. The van der Waals surface area contributed by atoms with Crippen molar-refractivity contribution in [1.82, 2.24) is 0 Å². The number of aryl methyl sites for hydroxylation is 1. The third-order valence-corrected chi connectivity index (χ3v) is 5.90. The van der Waals surface area contributed by atoms with Crippen molar-refractivity contribution in [3.63, 3.8) is 0 Å². The first-order valence-corrected chi connectivity index (χ1v) is 11.3. The summed E-state index contributed by atoms with van der Waals surface area (Å²) in [6, 6.07) is 18.2. The first-order valence-electron chi connectivity index (χ1n) is 6.50. The van der Waals surface area contributed by atoms with E-state index in [4.69, 9.17) is 4.21 Å². The molecule has 0 saturated carbocycles. The minimum absolute atomic E-state index is 0. The Kier molecular flexibility index (Phi) is 10.4. The van der Waals surface area contributed by atoms with Crippen molar-refractivity contribution in [2.24, 2.45) is 0 Å². The van der Waals surface area contributed by atoms with Crippen LogP contribution in [0.3, 0.4) is 0 Å². The summed E-state index contributed by atoms with van der Waals surface area (Å²) in [5.74, 6) is 0. The molecule has 5 heteroatoms. The van der Waals surface area contributed by atoms with Crippen LogP contribution in [0.5, 0.6) is 0 Å². The van der Waals surface area contributed by atoms with Gasteiger partial charge in [-0.2, -0.15) is 35.9 Å². The molecule has 2 nitrogen and oxygen atoms in total. The van der Waals surface area contributed by atoms with E-state index in [0.29, 0.717) is 0 Å². The molecule has 0 spiro atoms. The molecule has 20 heavy (non-hydrogen) atoms. The fourth-order valence-corrected chi connectivity index (χ4v) is 4.83. The Hall–Kier alpha value is -0.214. The largest absolute Gasteiger partial charge is 2.00 e. The van der Waals surface area contributed by atoms with Crippen molar-refractivity contribution in [3.8, 4) is 0 Å². The van der Waals surface area contributed by atoms with E-state index in [2.05, 4.69) is 31.8 Å². The van der Waals surface area contributed by atoms with E-state index in [-0.39, 0.29) is 17.1 Å². The molecule has 0 saturated heterocycles. The normalized spacial score (nSPS) is 12.0. The average Bonchev–Trinajstić information content (AvgIpc) is 3.00. The minimum atomic E-state index is -1.56. The molecule has 0 aliphatic heterocycles. The van der Waals surface area contributed by atoms with E-state index in [1.54, 1.807) is 0 Å². The Balaban J connectivity index is 0.000000507. The van der Waals surface area contributed by atoms with Crippen molar-refractivity contribution < 1.29 is 26.2 Å². The summed E-state index contributed by atoms with van der Waals surface area (Å²) >= 11 is 0. The van der Waals surface area contributed by atoms with Gasteiger partial charge in [0.05, 0.1) is 0 Å². The van der Waals surface area contributed by atoms with Gasteiger partial charge in [0.2, 0.25) is 0 Å². The van der Waals surface area contributed by atoms with Crippen LogP contribution in [0.1, 0.15) is 5.56 Å². The molecule has 0 fully saturated rings.